The Morgan fingerprint density at radius 2 is 0.648 bits per heavy atom. The number of hydrogen-bond donors (Lipinski definition) is 0. The van der Waals surface area contributed by atoms with Gasteiger partial charge in [0.15, 0.2) is 0 Å². The summed E-state index contributed by atoms with van der Waals surface area (Å²) in [5.41, 5.74) is 9.27. The van der Waals surface area contributed by atoms with Gasteiger partial charge in [0.2, 0.25) is 16.6 Å². The Balaban J connectivity index is 1.88. The molecule has 0 saturated carbocycles. The second-order valence-corrected chi connectivity index (χ2v) is 23.6. The summed E-state index contributed by atoms with van der Waals surface area (Å²) in [5.74, 6) is 3.84. The van der Waals surface area contributed by atoms with Gasteiger partial charge in [0.05, 0.1) is 26.4 Å². The van der Waals surface area contributed by atoms with Crippen LogP contribution in [-0.4, -0.2) is 57.3 Å². The van der Waals surface area contributed by atoms with Gasteiger partial charge in [-0.05, 0) is 107 Å². The highest BCUT2D eigenvalue weighted by Crippen LogP contribution is 2.39. The second-order valence-electron chi connectivity index (χ2n) is 15.6. The second kappa shape index (κ2) is 18.9. The van der Waals surface area contributed by atoms with E-state index in [0.29, 0.717) is 52.1 Å². The van der Waals surface area contributed by atoms with Gasteiger partial charge in [-0.1, -0.05) is 88.4 Å². The zero-order valence-corrected chi connectivity index (χ0v) is 36.7. The van der Waals surface area contributed by atoms with E-state index in [4.69, 9.17) is 27.8 Å². The van der Waals surface area contributed by atoms with Crippen LogP contribution in [0.2, 0.25) is 26.2 Å². The highest BCUT2D eigenvalue weighted by atomic mass is 28.4. The van der Waals surface area contributed by atoms with Crippen LogP contribution < -0.4 is 29.3 Å². The molecule has 0 fully saturated rings. The van der Waals surface area contributed by atoms with E-state index >= 15 is 0 Å². The van der Waals surface area contributed by atoms with E-state index in [0.717, 1.165) is 93.2 Å². The molecule has 8 heteroatoms. The van der Waals surface area contributed by atoms with Gasteiger partial charge in [-0.3, -0.25) is 0 Å². The monoisotopic (exact) mass is 768 g/mol. The Kier molecular flexibility index (Phi) is 14.5. The van der Waals surface area contributed by atoms with Crippen LogP contribution in [0.5, 0.6) is 23.0 Å². The molecule has 8 bridgehead atoms. The fourth-order valence-electron chi connectivity index (χ4n) is 7.18. The maximum absolute atomic E-state index is 6.76. The largest absolute Gasteiger partial charge is 0.493 e. The zero-order valence-electron chi connectivity index (χ0n) is 34.7. The third kappa shape index (κ3) is 9.62. The molecule has 6 nitrogen and oxygen atoms in total. The Bertz CT molecular complexity index is 1640. The lowest BCUT2D eigenvalue weighted by molar-refractivity contribution is 0.304. The normalized spacial score (nSPS) is 13.1. The standard InChI is InChI=1S/C46H64O6Si2/c1-11-21-49-43-33-17-15-18-34(43)26-38-30-42(54(9,10)48-6)32-40(46(38)52-24-14-4)28-36-20-16-19-35(44(36)50-22-12-2)27-39-31-41(53(7,8)47-5)29-37(25-33)45(39)51-23-13-3/h15-20,29-32H,11-14,21-28H2,1-10H3. The van der Waals surface area contributed by atoms with Gasteiger partial charge in [-0.15, -0.1) is 0 Å². The average molecular weight is 769 g/mol. The van der Waals surface area contributed by atoms with Crippen molar-refractivity contribution in [3.8, 4) is 23.0 Å². The number of rotatable bonds is 16. The Hall–Kier alpha value is -3.57. The van der Waals surface area contributed by atoms with Crippen molar-refractivity contribution in [3.05, 3.63) is 105 Å². The first-order chi connectivity index (χ1) is 26.0. The van der Waals surface area contributed by atoms with Gasteiger partial charge in [0.25, 0.3) is 0 Å². The molecular weight excluding hydrogens is 705 g/mol. The van der Waals surface area contributed by atoms with E-state index in [1.165, 1.54) is 10.4 Å². The van der Waals surface area contributed by atoms with Crippen LogP contribution in [0.15, 0.2) is 60.7 Å². The number of para-hydroxylation sites is 2. The van der Waals surface area contributed by atoms with Gasteiger partial charge in [-0.25, -0.2) is 0 Å². The highest BCUT2D eigenvalue weighted by Gasteiger charge is 2.30. The maximum atomic E-state index is 6.76. The van der Waals surface area contributed by atoms with E-state index in [9.17, 15) is 0 Å². The Morgan fingerprint density at radius 3 is 0.870 bits per heavy atom. The molecule has 1 aliphatic carbocycles. The Morgan fingerprint density at radius 1 is 0.407 bits per heavy atom. The molecular formula is C46H64O6Si2. The molecule has 54 heavy (non-hydrogen) atoms. The molecule has 0 heterocycles. The number of benzene rings is 4. The van der Waals surface area contributed by atoms with Crippen molar-refractivity contribution in [2.24, 2.45) is 0 Å². The van der Waals surface area contributed by atoms with Crippen molar-refractivity contribution in [2.45, 2.75) is 105 Å². The number of fused-ring (bicyclic) bond motifs is 8. The maximum Gasteiger partial charge on any atom is 0.217 e. The van der Waals surface area contributed by atoms with Gasteiger partial charge >= 0.3 is 0 Å². The summed E-state index contributed by atoms with van der Waals surface area (Å²) in [4.78, 5) is 0. The predicted molar refractivity (Wildman–Crippen MR) is 228 cm³/mol. The molecule has 5 rings (SSSR count). The molecule has 0 saturated heterocycles. The topological polar surface area (TPSA) is 55.4 Å². The molecule has 4 aromatic carbocycles. The van der Waals surface area contributed by atoms with Crippen LogP contribution in [-0.2, 0) is 34.5 Å². The molecule has 0 aliphatic heterocycles. The molecule has 1 aliphatic rings. The fraction of sp³-hybridized carbons (Fsp3) is 0.478. The fourth-order valence-corrected chi connectivity index (χ4v) is 9.74. The molecule has 0 radical (unpaired) electrons. The summed E-state index contributed by atoms with van der Waals surface area (Å²) < 4.78 is 39.5. The third-order valence-electron chi connectivity index (χ3n) is 10.6. The lowest BCUT2D eigenvalue weighted by Crippen LogP contribution is -2.44. The van der Waals surface area contributed by atoms with Crippen molar-refractivity contribution >= 4 is 27.0 Å². The van der Waals surface area contributed by atoms with Crippen LogP contribution in [0.25, 0.3) is 0 Å². The minimum absolute atomic E-state index is 0.640. The molecule has 0 amide bonds. The summed E-state index contributed by atoms with van der Waals surface area (Å²) in [7, 11) is -0.754. The number of ether oxygens (including phenoxy) is 4. The summed E-state index contributed by atoms with van der Waals surface area (Å²) in [5, 5.41) is 2.51. The van der Waals surface area contributed by atoms with E-state index in [-0.39, 0.29) is 0 Å². The van der Waals surface area contributed by atoms with Gasteiger partial charge in [0, 0.05) is 39.9 Å². The minimum atomic E-state index is -2.22. The SMILES string of the molecule is CCCOc1c2cccc1Cc1cc([Si](C)(C)OC)cc(c1OCCC)Cc1cccc(c1OCCC)Cc1cc([Si](C)(C)OC)cc(c1OCCC)C2. The van der Waals surface area contributed by atoms with E-state index < -0.39 is 16.6 Å². The lowest BCUT2D eigenvalue weighted by atomic mass is 9.91. The van der Waals surface area contributed by atoms with Crippen molar-refractivity contribution < 1.29 is 27.8 Å². The molecule has 0 unspecified atom stereocenters. The summed E-state index contributed by atoms with van der Waals surface area (Å²) in [6, 6.07) is 22.7. The van der Waals surface area contributed by atoms with Crippen LogP contribution in [0.1, 0.15) is 97.9 Å². The van der Waals surface area contributed by atoms with Crippen molar-refractivity contribution in [1.82, 2.24) is 0 Å². The van der Waals surface area contributed by atoms with Crippen LogP contribution >= 0.6 is 0 Å². The first-order valence-electron chi connectivity index (χ1n) is 20.2. The van der Waals surface area contributed by atoms with E-state index in [1.807, 2.05) is 14.2 Å². The summed E-state index contributed by atoms with van der Waals surface area (Å²) >= 11 is 0. The minimum Gasteiger partial charge on any atom is -0.493 e. The molecule has 0 atom stereocenters. The first-order valence-corrected chi connectivity index (χ1v) is 26.0. The molecule has 292 valence electrons. The molecule has 0 N–H and O–H groups in total. The van der Waals surface area contributed by atoms with Gasteiger partial charge in [-0.2, -0.15) is 0 Å². The lowest BCUT2D eigenvalue weighted by Gasteiger charge is -2.27. The molecule has 0 spiro atoms. The van der Waals surface area contributed by atoms with Gasteiger partial charge in [0.1, 0.15) is 23.0 Å². The quantitative estimate of drug-likeness (QED) is 0.0933. The van der Waals surface area contributed by atoms with Crippen molar-refractivity contribution in [1.29, 1.82) is 0 Å². The van der Waals surface area contributed by atoms with Gasteiger partial charge < -0.3 is 27.8 Å². The van der Waals surface area contributed by atoms with E-state index in [2.05, 4.69) is 115 Å². The van der Waals surface area contributed by atoms with Crippen LogP contribution in [0.3, 0.4) is 0 Å². The number of hydrogen-bond acceptors (Lipinski definition) is 6. The summed E-state index contributed by atoms with van der Waals surface area (Å²) in [6.45, 7) is 20.3. The summed E-state index contributed by atoms with van der Waals surface area (Å²) in [6.07, 6.45) is 6.38. The molecule has 0 aromatic heterocycles. The smallest absolute Gasteiger partial charge is 0.217 e. The zero-order chi connectivity index (χ0) is 38.9. The third-order valence-corrected chi connectivity index (χ3v) is 16.0. The predicted octanol–water partition coefficient (Wildman–Crippen LogP) is 9.64. The van der Waals surface area contributed by atoms with Crippen LogP contribution in [0, 0.1) is 0 Å². The highest BCUT2D eigenvalue weighted by molar-refractivity contribution is 6.84. The average Bonchev–Trinajstić information content (AvgIpc) is 3.16. The molecule has 4 aromatic rings. The van der Waals surface area contributed by atoms with Crippen molar-refractivity contribution in [2.75, 3.05) is 40.6 Å². The van der Waals surface area contributed by atoms with Crippen LogP contribution in [0.4, 0.5) is 0 Å². The first kappa shape index (κ1) is 41.6. The van der Waals surface area contributed by atoms with Crippen molar-refractivity contribution in [3.63, 3.8) is 0 Å². The van der Waals surface area contributed by atoms with E-state index in [1.54, 1.807) is 0 Å². The Labute approximate surface area is 327 Å².